The van der Waals surface area contributed by atoms with Crippen molar-refractivity contribution in [3.05, 3.63) is 65.5 Å². The quantitative estimate of drug-likeness (QED) is 0.847. The zero-order valence-electron chi connectivity index (χ0n) is 12.4. The maximum atomic E-state index is 13.5. The van der Waals surface area contributed by atoms with E-state index in [2.05, 4.69) is 4.72 Å². The molecule has 2 aromatic rings. The summed E-state index contributed by atoms with van der Waals surface area (Å²) < 4.78 is 40.3. The highest BCUT2D eigenvalue weighted by Gasteiger charge is 2.24. The van der Waals surface area contributed by atoms with Gasteiger partial charge < -0.3 is 5.11 Å². The SMILES string of the molecule is Cc1c(F)cccc1S(=O)(=O)NCC(C(=O)O)c1ccccc1. The van der Waals surface area contributed by atoms with Gasteiger partial charge in [0.2, 0.25) is 10.0 Å². The van der Waals surface area contributed by atoms with E-state index in [9.17, 15) is 22.7 Å². The molecule has 5 nitrogen and oxygen atoms in total. The molecule has 0 aromatic heterocycles. The van der Waals surface area contributed by atoms with E-state index < -0.39 is 27.7 Å². The Balaban J connectivity index is 2.23. The topological polar surface area (TPSA) is 83.5 Å². The molecule has 0 aliphatic carbocycles. The van der Waals surface area contributed by atoms with Crippen molar-refractivity contribution in [1.29, 1.82) is 0 Å². The molecule has 0 heterocycles. The van der Waals surface area contributed by atoms with Crippen molar-refractivity contribution in [1.82, 2.24) is 4.72 Å². The smallest absolute Gasteiger partial charge is 0.312 e. The summed E-state index contributed by atoms with van der Waals surface area (Å²) in [6.07, 6.45) is 0. The molecule has 1 unspecified atom stereocenters. The van der Waals surface area contributed by atoms with Crippen LogP contribution in [-0.4, -0.2) is 26.0 Å². The van der Waals surface area contributed by atoms with Crippen LogP contribution in [0.1, 0.15) is 17.0 Å². The second kappa shape index (κ2) is 6.89. The van der Waals surface area contributed by atoms with Crippen LogP contribution in [0.2, 0.25) is 0 Å². The molecule has 23 heavy (non-hydrogen) atoms. The highest BCUT2D eigenvalue weighted by molar-refractivity contribution is 7.89. The summed E-state index contributed by atoms with van der Waals surface area (Å²) in [5, 5.41) is 9.30. The lowest BCUT2D eigenvalue weighted by atomic mass is 10.00. The lowest BCUT2D eigenvalue weighted by molar-refractivity contribution is -0.138. The van der Waals surface area contributed by atoms with Gasteiger partial charge in [0.25, 0.3) is 0 Å². The second-order valence-corrected chi connectivity index (χ2v) is 6.75. The molecule has 0 aliphatic rings. The first kappa shape index (κ1) is 17.1. The maximum Gasteiger partial charge on any atom is 0.312 e. The molecule has 0 saturated carbocycles. The Morgan fingerprint density at radius 2 is 1.83 bits per heavy atom. The summed E-state index contributed by atoms with van der Waals surface area (Å²) in [6, 6.07) is 12.1. The van der Waals surface area contributed by atoms with E-state index in [0.29, 0.717) is 5.56 Å². The zero-order valence-corrected chi connectivity index (χ0v) is 13.2. The minimum absolute atomic E-state index is 0.00779. The summed E-state index contributed by atoms with van der Waals surface area (Å²) in [5.41, 5.74) is 0.477. The molecule has 2 N–H and O–H groups in total. The first-order valence-corrected chi connectivity index (χ1v) is 8.34. The third kappa shape index (κ3) is 3.94. The molecule has 2 rings (SSSR count). The highest BCUT2D eigenvalue weighted by atomic mass is 32.2. The number of carboxylic acid groups (broad SMARTS) is 1. The molecule has 1 atom stereocenters. The molecule has 0 aliphatic heterocycles. The van der Waals surface area contributed by atoms with Crippen LogP contribution in [0.3, 0.4) is 0 Å². The number of carbonyl (C=O) groups is 1. The van der Waals surface area contributed by atoms with Crippen molar-refractivity contribution >= 4 is 16.0 Å². The van der Waals surface area contributed by atoms with E-state index in [1.165, 1.54) is 25.1 Å². The Hall–Kier alpha value is -2.25. The van der Waals surface area contributed by atoms with E-state index in [1.54, 1.807) is 30.3 Å². The normalized spacial score (nSPS) is 12.8. The van der Waals surface area contributed by atoms with Crippen LogP contribution in [0, 0.1) is 12.7 Å². The van der Waals surface area contributed by atoms with E-state index in [4.69, 9.17) is 0 Å². The Bertz CT molecular complexity index is 806. The van der Waals surface area contributed by atoms with Gasteiger partial charge in [-0.3, -0.25) is 4.79 Å². The average molecular weight is 337 g/mol. The molecule has 0 amide bonds. The van der Waals surface area contributed by atoms with E-state index in [-0.39, 0.29) is 17.0 Å². The van der Waals surface area contributed by atoms with Crippen LogP contribution in [0.4, 0.5) is 4.39 Å². The molecule has 0 bridgehead atoms. The molecule has 0 radical (unpaired) electrons. The molecule has 0 spiro atoms. The van der Waals surface area contributed by atoms with Crippen molar-refractivity contribution < 1.29 is 22.7 Å². The highest BCUT2D eigenvalue weighted by Crippen LogP contribution is 2.19. The van der Waals surface area contributed by atoms with Gasteiger partial charge in [-0.25, -0.2) is 17.5 Å². The van der Waals surface area contributed by atoms with Crippen molar-refractivity contribution in [2.75, 3.05) is 6.54 Å². The Labute approximate surface area is 133 Å². The van der Waals surface area contributed by atoms with Crippen molar-refractivity contribution in [3.63, 3.8) is 0 Å². The second-order valence-electron chi connectivity index (χ2n) is 5.02. The fourth-order valence-electron chi connectivity index (χ4n) is 2.18. The van der Waals surface area contributed by atoms with Gasteiger partial charge >= 0.3 is 5.97 Å². The number of aliphatic carboxylic acids is 1. The zero-order chi connectivity index (χ0) is 17.0. The van der Waals surface area contributed by atoms with Crippen LogP contribution in [0.15, 0.2) is 53.4 Å². The Kier molecular flexibility index (Phi) is 5.12. The van der Waals surface area contributed by atoms with Crippen LogP contribution in [-0.2, 0) is 14.8 Å². The average Bonchev–Trinajstić information content (AvgIpc) is 2.50. The summed E-state index contributed by atoms with van der Waals surface area (Å²) in [5.74, 6) is -2.81. The van der Waals surface area contributed by atoms with Gasteiger partial charge in [-0.05, 0) is 24.6 Å². The Morgan fingerprint density at radius 1 is 1.17 bits per heavy atom. The van der Waals surface area contributed by atoms with Gasteiger partial charge in [0.1, 0.15) is 5.82 Å². The first-order chi connectivity index (χ1) is 10.8. The monoisotopic (exact) mass is 337 g/mol. The fourth-order valence-corrected chi connectivity index (χ4v) is 3.48. The third-order valence-corrected chi connectivity index (χ3v) is 5.05. The van der Waals surface area contributed by atoms with E-state index in [1.807, 2.05) is 0 Å². The summed E-state index contributed by atoms with van der Waals surface area (Å²) in [7, 11) is -4.00. The number of sulfonamides is 1. The summed E-state index contributed by atoms with van der Waals surface area (Å²) in [4.78, 5) is 11.2. The molecular weight excluding hydrogens is 321 g/mol. The van der Waals surface area contributed by atoms with Crippen LogP contribution < -0.4 is 4.72 Å². The first-order valence-electron chi connectivity index (χ1n) is 6.85. The van der Waals surface area contributed by atoms with E-state index >= 15 is 0 Å². The minimum atomic E-state index is -4.00. The number of rotatable bonds is 6. The number of halogens is 1. The van der Waals surface area contributed by atoms with Crippen LogP contribution in [0.25, 0.3) is 0 Å². The molecule has 2 aromatic carbocycles. The number of hydrogen-bond acceptors (Lipinski definition) is 3. The largest absolute Gasteiger partial charge is 0.481 e. The standard InChI is InChI=1S/C16H16FNO4S/c1-11-14(17)8-5-9-15(11)23(21,22)18-10-13(16(19)20)12-6-3-2-4-7-12/h2-9,13,18H,10H2,1H3,(H,19,20). The van der Waals surface area contributed by atoms with Gasteiger partial charge in [0.15, 0.2) is 0 Å². The van der Waals surface area contributed by atoms with Gasteiger partial charge in [0, 0.05) is 12.1 Å². The predicted octanol–water partition coefficient (Wildman–Crippen LogP) is 2.28. The lowest BCUT2D eigenvalue weighted by Gasteiger charge is -2.15. The fraction of sp³-hybridized carbons (Fsp3) is 0.188. The van der Waals surface area contributed by atoms with Gasteiger partial charge in [-0.15, -0.1) is 0 Å². The molecule has 0 saturated heterocycles. The van der Waals surface area contributed by atoms with E-state index in [0.717, 1.165) is 0 Å². The molecule has 7 heteroatoms. The number of hydrogen-bond donors (Lipinski definition) is 2. The third-order valence-electron chi connectivity index (χ3n) is 3.49. The van der Waals surface area contributed by atoms with Crippen molar-refractivity contribution in [3.8, 4) is 0 Å². The molecule has 0 fully saturated rings. The minimum Gasteiger partial charge on any atom is -0.481 e. The maximum absolute atomic E-state index is 13.5. The van der Waals surface area contributed by atoms with Crippen molar-refractivity contribution in [2.45, 2.75) is 17.7 Å². The van der Waals surface area contributed by atoms with Gasteiger partial charge in [0.05, 0.1) is 10.8 Å². The molecule has 122 valence electrons. The number of benzene rings is 2. The lowest BCUT2D eigenvalue weighted by Crippen LogP contribution is -2.32. The van der Waals surface area contributed by atoms with Crippen LogP contribution >= 0.6 is 0 Å². The summed E-state index contributed by atoms with van der Waals surface area (Å²) in [6.45, 7) is 1.04. The van der Waals surface area contributed by atoms with Crippen LogP contribution in [0.5, 0.6) is 0 Å². The van der Waals surface area contributed by atoms with Crippen molar-refractivity contribution in [2.24, 2.45) is 0 Å². The summed E-state index contributed by atoms with van der Waals surface area (Å²) >= 11 is 0. The predicted molar refractivity (Wildman–Crippen MR) is 83.1 cm³/mol. The molecular formula is C16H16FNO4S. The number of nitrogens with one attached hydrogen (secondary N) is 1. The van der Waals surface area contributed by atoms with Gasteiger partial charge in [-0.2, -0.15) is 0 Å². The number of carboxylic acids is 1. The Morgan fingerprint density at radius 3 is 2.43 bits per heavy atom. The van der Waals surface area contributed by atoms with Gasteiger partial charge in [-0.1, -0.05) is 36.4 Å².